The predicted octanol–water partition coefficient (Wildman–Crippen LogP) is 2.91. The first kappa shape index (κ1) is 17.1. The van der Waals surface area contributed by atoms with Crippen LogP contribution in [-0.4, -0.2) is 44.6 Å². The molecular weight excluding hydrogens is 260 g/mol. The van der Waals surface area contributed by atoms with Crippen LogP contribution in [0.25, 0.3) is 0 Å². The molecule has 0 radical (unpaired) electrons. The third-order valence-corrected chi connectivity index (χ3v) is 8.61. The maximum Gasteiger partial charge on any atom is 0.192 e. The Labute approximate surface area is 118 Å². The molecule has 1 fully saturated rings. The summed E-state index contributed by atoms with van der Waals surface area (Å²) in [6.07, 6.45) is 0.427. The minimum Gasteiger partial charge on any atom is -0.414 e. The first-order valence-corrected chi connectivity index (χ1v) is 10.00. The van der Waals surface area contributed by atoms with E-state index in [4.69, 9.17) is 19.0 Å². The fourth-order valence-corrected chi connectivity index (χ4v) is 2.94. The van der Waals surface area contributed by atoms with Gasteiger partial charge in [-0.3, -0.25) is 0 Å². The van der Waals surface area contributed by atoms with Gasteiger partial charge in [0.05, 0.1) is 12.7 Å². The van der Waals surface area contributed by atoms with E-state index in [9.17, 15) is 0 Å². The second-order valence-electron chi connectivity index (χ2n) is 7.30. The van der Waals surface area contributed by atoms with Gasteiger partial charge in [-0.1, -0.05) is 20.8 Å². The van der Waals surface area contributed by atoms with Crippen LogP contribution < -0.4 is 0 Å². The van der Waals surface area contributed by atoms with Crippen molar-refractivity contribution in [3.8, 4) is 0 Å². The molecule has 0 aromatic carbocycles. The zero-order valence-electron chi connectivity index (χ0n) is 13.4. The second kappa shape index (κ2) is 5.82. The molecule has 0 amide bonds. The predicted molar refractivity (Wildman–Crippen MR) is 78.7 cm³/mol. The van der Waals surface area contributed by atoms with E-state index in [0.29, 0.717) is 13.0 Å². The Hall–Kier alpha value is 0.0569. The molecule has 1 aliphatic heterocycles. The Kier molecular flexibility index (Phi) is 5.24. The van der Waals surface area contributed by atoms with Crippen molar-refractivity contribution < 1.29 is 19.0 Å². The Balaban J connectivity index is 2.61. The SMILES string of the molecule is CC1(C)O[C@@H](CCO)[C@H](CO[Si](C)(C)C(C)(C)C)O1. The van der Waals surface area contributed by atoms with Crippen molar-refractivity contribution in [2.75, 3.05) is 13.2 Å². The minimum atomic E-state index is -1.77. The summed E-state index contributed by atoms with van der Waals surface area (Å²) < 4.78 is 17.9. The highest BCUT2D eigenvalue weighted by Gasteiger charge is 2.43. The molecule has 0 saturated carbocycles. The highest BCUT2D eigenvalue weighted by Crippen LogP contribution is 2.38. The standard InChI is InChI=1S/C14H30O4Si/c1-13(2,3)19(6,7)16-10-12-11(8-9-15)17-14(4,5)18-12/h11-12,15H,8-10H2,1-7H3/t11-,12-/m0/s1. The number of hydrogen-bond donors (Lipinski definition) is 1. The van der Waals surface area contributed by atoms with Gasteiger partial charge in [-0.15, -0.1) is 0 Å². The van der Waals surface area contributed by atoms with Crippen molar-refractivity contribution in [3.05, 3.63) is 0 Å². The molecule has 0 aromatic rings. The van der Waals surface area contributed by atoms with Crippen LogP contribution >= 0.6 is 0 Å². The molecule has 1 N–H and O–H groups in total. The van der Waals surface area contributed by atoms with Crippen molar-refractivity contribution in [1.29, 1.82) is 0 Å². The molecule has 2 atom stereocenters. The second-order valence-corrected chi connectivity index (χ2v) is 12.1. The lowest BCUT2D eigenvalue weighted by Gasteiger charge is -2.37. The van der Waals surface area contributed by atoms with Gasteiger partial charge in [0.25, 0.3) is 0 Å². The van der Waals surface area contributed by atoms with Crippen LogP contribution in [0.15, 0.2) is 0 Å². The molecule has 1 rings (SSSR count). The molecular formula is C14H30O4Si. The highest BCUT2D eigenvalue weighted by molar-refractivity contribution is 6.74. The maximum absolute atomic E-state index is 9.10. The summed E-state index contributed by atoms with van der Waals surface area (Å²) in [5.41, 5.74) is 0. The summed E-state index contributed by atoms with van der Waals surface area (Å²) in [6, 6.07) is 0. The van der Waals surface area contributed by atoms with Crippen molar-refractivity contribution in [2.45, 2.75) is 77.2 Å². The minimum absolute atomic E-state index is 0.0789. The molecule has 1 heterocycles. The van der Waals surface area contributed by atoms with Crippen LogP contribution in [0, 0.1) is 0 Å². The first-order valence-electron chi connectivity index (χ1n) is 7.09. The van der Waals surface area contributed by atoms with Crippen LogP contribution in [0.2, 0.25) is 18.1 Å². The summed E-state index contributed by atoms with van der Waals surface area (Å²) in [5, 5.41) is 9.29. The Morgan fingerprint density at radius 1 is 1.16 bits per heavy atom. The summed E-state index contributed by atoms with van der Waals surface area (Å²) in [4.78, 5) is 0. The molecule has 0 unspecified atom stereocenters. The molecule has 1 aliphatic rings. The lowest BCUT2D eigenvalue weighted by molar-refractivity contribution is -0.149. The van der Waals surface area contributed by atoms with Crippen molar-refractivity contribution in [1.82, 2.24) is 0 Å². The van der Waals surface area contributed by atoms with Gasteiger partial charge in [0.2, 0.25) is 0 Å². The van der Waals surface area contributed by atoms with Gasteiger partial charge in [-0.25, -0.2) is 0 Å². The van der Waals surface area contributed by atoms with Crippen LogP contribution in [-0.2, 0) is 13.9 Å². The molecule has 114 valence electrons. The zero-order valence-corrected chi connectivity index (χ0v) is 14.4. The summed E-state index contributed by atoms with van der Waals surface area (Å²) in [6.45, 7) is 15.6. The molecule has 19 heavy (non-hydrogen) atoms. The van der Waals surface area contributed by atoms with E-state index in [1.807, 2.05) is 13.8 Å². The Morgan fingerprint density at radius 2 is 1.68 bits per heavy atom. The number of aliphatic hydroxyl groups excluding tert-OH is 1. The van der Waals surface area contributed by atoms with E-state index in [1.165, 1.54) is 0 Å². The van der Waals surface area contributed by atoms with Crippen molar-refractivity contribution >= 4 is 8.32 Å². The van der Waals surface area contributed by atoms with E-state index in [-0.39, 0.29) is 23.9 Å². The summed E-state index contributed by atoms with van der Waals surface area (Å²) >= 11 is 0. The van der Waals surface area contributed by atoms with Crippen LogP contribution in [0.4, 0.5) is 0 Å². The van der Waals surface area contributed by atoms with Crippen molar-refractivity contribution in [2.24, 2.45) is 0 Å². The Morgan fingerprint density at radius 3 is 2.16 bits per heavy atom. The lowest BCUT2D eigenvalue weighted by atomic mass is 10.1. The van der Waals surface area contributed by atoms with E-state index >= 15 is 0 Å². The third-order valence-electron chi connectivity index (χ3n) is 4.11. The normalized spacial score (nSPS) is 27.8. The monoisotopic (exact) mass is 290 g/mol. The van der Waals surface area contributed by atoms with Crippen molar-refractivity contribution in [3.63, 3.8) is 0 Å². The molecule has 0 spiro atoms. The van der Waals surface area contributed by atoms with Gasteiger partial charge < -0.3 is 19.0 Å². The molecule has 1 saturated heterocycles. The highest BCUT2D eigenvalue weighted by atomic mass is 28.4. The van der Waals surface area contributed by atoms with Gasteiger partial charge >= 0.3 is 0 Å². The molecule has 0 aliphatic carbocycles. The lowest BCUT2D eigenvalue weighted by Crippen LogP contribution is -2.44. The largest absolute Gasteiger partial charge is 0.414 e. The van der Waals surface area contributed by atoms with E-state index in [0.717, 1.165) is 0 Å². The first-order chi connectivity index (χ1) is 8.48. The average molecular weight is 290 g/mol. The molecule has 0 aromatic heterocycles. The summed E-state index contributed by atoms with van der Waals surface area (Å²) in [5.74, 6) is -0.582. The summed E-state index contributed by atoms with van der Waals surface area (Å²) in [7, 11) is -1.77. The molecule has 0 bridgehead atoms. The van der Waals surface area contributed by atoms with E-state index in [2.05, 4.69) is 33.9 Å². The van der Waals surface area contributed by atoms with Gasteiger partial charge in [0.1, 0.15) is 6.10 Å². The third kappa shape index (κ3) is 4.53. The maximum atomic E-state index is 9.10. The zero-order chi connectivity index (χ0) is 14.9. The van der Waals surface area contributed by atoms with Gasteiger partial charge in [-0.2, -0.15) is 0 Å². The average Bonchev–Trinajstić information content (AvgIpc) is 2.49. The fourth-order valence-electron chi connectivity index (χ4n) is 1.93. The van der Waals surface area contributed by atoms with Gasteiger partial charge in [0.15, 0.2) is 14.1 Å². The topological polar surface area (TPSA) is 47.9 Å². The van der Waals surface area contributed by atoms with Crippen LogP contribution in [0.5, 0.6) is 0 Å². The van der Waals surface area contributed by atoms with Crippen LogP contribution in [0.1, 0.15) is 41.0 Å². The van der Waals surface area contributed by atoms with E-state index < -0.39 is 14.1 Å². The number of ether oxygens (including phenoxy) is 2. The molecule has 4 nitrogen and oxygen atoms in total. The molecule has 5 heteroatoms. The number of hydrogen-bond acceptors (Lipinski definition) is 4. The fraction of sp³-hybridized carbons (Fsp3) is 1.00. The Bertz CT molecular complexity index is 296. The van der Waals surface area contributed by atoms with Gasteiger partial charge in [0, 0.05) is 6.61 Å². The quantitative estimate of drug-likeness (QED) is 0.791. The number of aliphatic hydroxyl groups is 1. The smallest absolute Gasteiger partial charge is 0.192 e. The van der Waals surface area contributed by atoms with Gasteiger partial charge in [-0.05, 0) is 38.4 Å². The van der Waals surface area contributed by atoms with E-state index in [1.54, 1.807) is 0 Å². The number of rotatable bonds is 5. The van der Waals surface area contributed by atoms with Crippen LogP contribution in [0.3, 0.4) is 0 Å².